The lowest BCUT2D eigenvalue weighted by Crippen LogP contribution is -2.51. The Bertz CT molecular complexity index is 1220. The van der Waals surface area contributed by atoms with E-state index in [0.29, 0.717) is 17.1 Å². The Morgan fingerprint density at radius 2 is 1.71 bits per heavy atom. The number of carbonyl (C=O) groups excluding carboxylic acids is 1. The first-order valence-corrected chi connectivity index (χ1v) is 10.8. The monoisotopic (exact) mass is 453 g/mol. The summed E-state index contributed by atoms with van der Waals surface area (Å²) in [6.45, 7) is 0.193. The maximum atomic E-state index is 12.9. The van der Waals surface area contributed by atoms with Crippen LogP contribution in [0, 0.1) is 0 Å². The molecule has 31 heavy (non-hydrogen) atoms. The standard InChI is InChI=1S/C19H18F3N5O3S/c20-19(21,22)14-4-3-5-15(12-14)31(29,30)26-10-8-25(9-11-26)18(28)13-27-17-7-2-1-6-16(17)23-24-27/h1-7,12H,8-11,13H2. The average molecular weight is 453 g/mol. The van der Waals surface area contributed by atoms with Crippen LogP contribution in [0.5, 0.6) is 0 Å². The molecule has 3 aromatic rings. The molecule has 0 atom stereocenters. The van der Waals surface area contributed by atoms with Crippen LogP contribution in [-0.2, 0) is 27.5 Å². The van der Waals surface area contributed by atoms with Gasteiger partial charge in [0, 0.05) is 26.2 Å². The number of para-hydroxylation sites is 1. The molecule has 2 aromatic carbocycles. The molecular formula is C19H18F3N5O3S. The lowest BCUT2D eigenvalue weighted by Gasteiger charge is -2.34. The molecule has 0 saturated carbocycles. The number of aromatic nitrogens is 3. The highest BCUT2D eigenvalue weighted by Gasteiger charge is 2.34. The highest BCUT2D eigenvalue weighted by molar-refractivity contribution is 7.89. The van der Waals surface area contributed by atoms with Crippen LogP contribution in [0.1, 0.15) is 5.56 Å². The summed E-state index contributed by atoms with van der Waals surface area (Å²) >= 11 is 0. The van der Waals surface area contributed by atoms with Crippen LogP contribution in [0.4, 0.5) is 13.2 Å². The summed E-state index contributed by atoms with van der Waals surface area (Å²) in [5, 5.41) is 7.97. The number of nitrogens with zero attached hydrogens (tertiary/aromatic N) is 5. The molecule has 0 N–H and O–H groups in total. The van der Waals surface area contributed by atoms with E-state index in [1.165, 1.54) is 9.58 Å². The molecule has 1 saturated heterocycles. The predicted molar refractivity (Wildman–Crippen MR) is 104 cm³/mol. The molecule has 0 aliphatic carbocycles. The second-order valence-corrected chi connectivity index (χ2v) is 8.98. The van der Waals surface area contributed by atoms with E-state index >= 15 is 0 Å². The molecule has 164 valence electrons. The Balaban J connectivity index is 1.43. The summed E-state index contributed by atoms with van der Waals surface area (Å²) in [6, 6.07) is 10.8. The number of alkyl halides is 3. The smallest absolute Gasteiger partial charge is 0.338 e. The van der Waals surface area contributed by atoms with Crippen LogP contribution in [0.25, 0.3) is 11.0 Å². The van der Waals surface area contributed by atoms with E-state index in [0.717, 1.165) is 22.5 Å². The maximum absolute atomic E-state index is 12.9. The third-order valence-electron chi connectivity index (χ3n) is 5.10. The summed E-state index contributed by atoms with van der Waals surface area (Å²) in [7, 11) is -4.10. The van der Waals surface area contributed by atoms with Crippen molar-refractivity contribution < 1.29 is 26.4 Å². The van der Waals surface area contributed by atoms with Crippen LogP contribution in [-0.4, -0.2) is 64.7 Å². The SMILES string of the molecule is O=C(Cn1nnc2ccccc21)N1CCN(S(=O)(=O)c2cccc(C(F)(F)F)c2)CC1. The van der Waals surface area contributed by atoms with Crippen LogP contribution in [0.3, 0.4) is 0 Å². The quantitative estimate of drug-likeness (QED) is 0.603. The maximum Gasteiger partial charge on any atom is 0.416 e. The Morgan fingerprint density at radius 3 is 2.42 bits per heavy atom. The number of fused-ring (bicyclic) bond motifs is 1. The van der Waals surface area contributed by atoms with Gasteiger partial charge in [-0.05, 0) is 30.3 Å². The van der Waals surface area contributed by atoms with Crippen molar-refractivity contribution >= 4 is 27.0 Å². The van der Waals surface area contributed by atoms with Gasteiger partial charge in [-0.3, -0.25) is 4.79 Å². The van der Waals surface area contributed by atoms with Crippen LogP contribution in [0.2, 0.25) is 0 Å². The van der Waals surface area contributed by atoms with Crippen molar-refractivity contribution in [2.45, 2.75) is 17.6 Å². The van der Waals surface area contributed by atoms with E-state index < -0.39 is 26.7 Å². The summed E-state index contributed by atoms with van der Waals surface area (Å²) in [4.78, 5) is 13.7. The van der Waals surface area contributed by atoms with Crippen molar-refractivity contribution in [1.82, 2.24) is 24.2 Å². The Kier molecular flexibility index (Phi) is 5.43. The number of amides is 1. The second-order valence-electron chi connectivity index (χ2n) is 7.05. The minimum absolute atomic E-state index is 0.0115. The molecule has 0 unspecified atom stereocenters. The fourth-order valence-electron chi connectivity index (χ4n) is 3.42. The Labute approximate surface area is 175 Å². The minimum Gasteiger partial charge on any atom is -0.338 e. The number of hydrogen-bond donors (Lipinski definition) is 0. The lowest BCUT2D eigenvalue weighted by molar-refractivity contribution is -0.137. The van der Waals surface area contributed by atoms with E-state index in [-0.39, 0.29) is 38.6 Å². The van der Waals surface area contributed by atoms with Gasteiger partial charge in [0.05, 0.1) is 16.0 Å². The summed E-state index contributed by atoms with van der Waals surface area (Å²) in [6.07, 6.45) is -4.64. The van der Waals surface area contributed by atoms with E-state index in [9.17, 15) is 26.4 Å². The van der Waals surface area contributed by atoms with E-state index in [1.807, 2.05) is 12.1 Å². The molecule has 1 aliphatic rings. The molecule has 1 fully saturated rings. The van der Waals surface area contributed by atoms with Gasteiger partial charge in [0.15, 0.2) is 0 Å². The van der Waals surface area contributed by atoms with Crippen LogP contribution in [0.15, 0.2) is 53.4 Å². The minimum atomic E-state index is -4.64. The van der Waals surface area contributed by atoms with Gasteiger partial charge in [-0.25, -0.2) is 13.1 Å². The van der Waals surface area contributed by atoms with Crippen molar-refractivity contribution in [1.29, 1.82) is 0 Å². The highest BCUT2D eigenvalue weighted by atomic mass is 32.2. The van der Waals surface area contributed by atoms with Gasteiger partial charge in [0.25, 0.3) is 0 Å². The fraction of sp³-hybridized carbons (Fsp3) is 0.316. The number of piperazine rings is 1. The first-order valence-electron chi connectivity index (χ1n) is 9.40. The van der Waals surface area contributed by atoms with Gasteiger partial charge in [0.1, 0.15) is 12.1 Å². The molecular weight excluding hydrogens is 435 g/mol. The fourth-order valence-corrected chi connectivity index (χ4v) is 4.89. The van der Waals surface area contributed by atoms with Crippen molar-refractivity contribution in [2.75, 3.05) is 26.2 Å². The third-order valence-corrected chi connectivity index (χ3v) is 6.99. The molecule has 0 radical (unpaired) electrons. The van der Waals surface area contributed by atoms with Gasteiger partial charge < -0.3 is 4.90 Å². The lowest BCUT2D eigenvalue weighted by atomic mass is 10.2. The van der Waals surface area contributed by atoms with Crippen LogP contribution >= 0.6 is 0 Å². The van der Waals surface area contributed by atoms with Gasteiger partial charge in [-0.2, -0.15) is 17.5 Å². The second kappa shape index (κ2) is 7.93. The molecule has 1 amide bonds. The first-order chi connectivity index (χ1) is 14.7. The van der Waals surface area contributed by atoms with Crippen molar-refractivity contribution in [3.05, 3.63) is 54.1 Å². The van der Waals surface area contributed by atoms with Crippen LogP contribution < -0.4 is 0 Å². The Morgan fingerprint density at radius 1 is 1.00 bits per heavy atom. The van der Waals surface area contributed by atoms with Crippen molar-refractivity contribution in [2.24, 2.45) is 0 Å². The van der Waals surface area contributed by atoms with Gasteiger partial charge in [-0.1, -0.05) is 23.4 Å². The highest BCUT2D eigenvalue weighted by Crippen LogP contribution is 2.31. The zero-order chi connectivity index (χ0) is 22.2. The Hall–Kier alpha value is -2.99. The topological polar surface area (TPSA) is 88.4 Å². The molecule has 0 bridgehead atoms. The third kappa shape index (κ3) is 4.26. The molecule has 1 aromatic heterocycles. The van der Waals surface area contributed by atoms with Gasteiger partial charge >= 0.3 is 6.18 Å². The number of rotatable bonds is 4. The summed E-state index contributed by atoms with van der Waals surface area (Å²) < 4.78 is 66.9. The molecule has 4 rings (SSSR count). The van der Waals surface area contributed by atoms with E-state index in [4.69, 9.17) is 0 Å². The molecule has 2 heterocycles. The predicted octanol–water partition coefficient (Wildman–Crippen LogP) is 1.98. The zero-order valence-corrected chi connectivity index (χ0v) is 17.0. The average Bonchev–Trinajstić information content (AvgIpc) is 3.16. The molecule has 12 heteroatoms. The summed E-state index contributed by atoms with van der Waals surface area (Å²) in [5.41, 5.74) is 0.344. The molecule has 0 spiro atoms. The zero-order valence-electron chi connectivity index (χ0n) is 16.2. The number of benzene rings is 2. The number of halogens is 3. The number of carbonyl (C=O) groups is 1. The number of sulfonamides is 1. The van der Waals surface area contributed by atoms with E-state index in [2.05, 4.69) is 10.3 Å². The first kappa shape index (κ1) is 21.2. The largest absolute Gasteiger partial charge is 0.416 e. The number of hydrogen-bond acceptors (Lipinski definition) is 5. The van der Waals surface area contributed by atoms with Crippen molar-refractivity contribution in [3.8, 4) is 0 Å². The van der Waals surface area contributed by atoms with Gasteiger partial charge in [0.2, 0.25) is 15.9 Å². The molecule has 8 nitrogen and oxygen atoms in total. The van der Waals surface area contributed by atoms with Crippen molar-refractivity contribution in [3.63, 3.8) is 0 Å². The van der Waals surface area contributed by atoms with E-state index in [1.54, 1.807) is 12.1 Å². The normalized spacial score (nSPS) is 16.0. The van der Waals surface area contributed by atoms with Gasteiger partial charge in [-0.15, -0.1) is 5.10 Å². The molecule has 1 aliphatic heterocycles. The summed E-state index contributed by atoms with van der Waals surface area (Å²) in [5.74, 6) is -0.244.